The van der Waals surface area contributed by atoms with Crippen LogP contribution in [0.1, 0.15) is 49.6 Å². The van der Waals surface area contributed by atoms with Crippen LogP contribution in [0.25, 0.3) is 11.5 Å². The number of benzene rings is 2. The molecule has 0 saturated heterocycles. The third-order valence-corrected chi connectivity index (χ3v) is 5.38. The summed E-state index contributed by atoms with van der Waals surface area (Å²) in [6.07, 6.45) is 5.58. The summed E-state index contributed by atoms with van der Waals surface area (Å²) in [4.78, 5) is 12.7. The zero-order chi connectivity index (χ0) is 20.1. The average molecular weight is 411 g/mol. The van der Waals surface area contributed by atoms with Crippen molar-refractivity contribution >= 4 is 17.6 Å². The van der Waals surface area contributed by atoms with Gasteiger partial charge in [-0.2, -0.15) is 0 Å². The number of nitrogens with zero attached hydrogens (tertiary/aromatic N) is 2. The van der Waals surface area contributed by atoms with Crippen molar-refractivity contribution in [2.45, 2.75) is 44.2 Å². The number of halogens is 1. The molecule has 7 heteroatoms. The van der Waals surface area contributed by atoms with Crippen molar-refractivity contribution < 1.29 is 9.21 Å². The highest BCUT2D eigenvalue weighted by Gasteiger charge is 2.25. The number of amides is 2. The van der Waals surface area contributed by atoms with Crippen LogP contribution in [0.15, 0.2) is 59.0 Å². The Bertz CT molecular complexity index is 937. The number of hydrogen-bond acceptors (Lipinski definition) is 4. The summed E-state index contributed by atoms with van der Waals surface area (Å²) in [6, 6.07) is 16.2. The fourth-order valence-corrected chi connectivity index (χ4v) is 3.72. The molecule has 2 N–H and O–H groups in total. The highest BCUT2D eigenvalue weighted by atomic mass is 35.5. The summed E-state index contributed by atoms with van der Waals surface area (Å²) < 4.78 is 5.91. The van der Waals surface area contributed by atoms with Crippen LogP contribution in [-0.2, 0) is 0 Å². The van der Waals surface area contributed by atoms with E-state index in [1.165, 1.54) is 6.42 Å². The number of nitrogens with one attached hydrogen (secondary N) is 2. The Morgan fingerprint density at radius 3 is 2.45 bits per heavy atom. The molecule has 0 aliphatic heterocycles. The van der Waals surface area contributed by atoms with Crippen LogP contribution in [0.5, 0.6) is 0 Å². The average Bonchev–Trinajstić information content (AvgIpc) is 3.24. The molecule has 2 aromatic carbocycles. The third kappa shape index (κ3) is 4.95. The fraction of sp³-hybridized carbons (Fsp3) is 0.318. The van der Waals surface area contributed by atoms with Gasteiger partial charge in [0.05, 0.1) is 0 Å². The van der Waals surface area contributed by atoms with E-state index in [9.17, 15) is 4.79 Å². The van der Waals surface area contributed by atoms with E-state index in [0.29, 0.717) is 16.8 Å². The molecular formula is C22H23ClN4O2. The lowest BCUT2D eigenvalue weighted by molar-refractivity contribution is 0.228. The lowest BCUT2D eigenvalue weighted by Crippen LogP contribution is -2.44. The second-order valence-electron chi connectivity index (χ2n) is 7.25. The summed E-state index contributed by atoms with van der Waals surface area (Å²) in [5.41, 5.74) is 1.64. The number of carbonyl (C=O) groups excluding carboxylic acids is 1. The summed E-state index contributed by atoms with van der Waals surface area (Å²) in [6.45, 7) is 0. The normalized spacial score (nSPS) is 15.6. The molecule has 4 rings (SSSR count). The number of hydrogen-bond donors (Lipinski definition) is 2. The summed E-state index contributed by atoms with van der Waals surface area (Å²) in [5.74, 6) is 0.715. The maximum absolute atomic E-state index is 12.7. The second-order valence-corrected chi connectivity index (χ2v) is 7.69. The lowest BCUT2D eigenvalue weighted by atomic mass is 9.96. The highest BCUT2D eigenvalue weighted by molar-refractivity contribution is 6.30. The van der Waals surface area contributed by atoms with Gasteiger partial charge in [0, 0.05) is 16.6 Å². The van der Waals surface area contributed by atoms with Crippen molar-refractivity contribution in [2.75, 3.05) is 0 Å². The van der Waals surface area contributed by atoms with Crippen molar-refractivity contribution in [3.63, 3.8) is 0 Å². The van der Waals surface area contributed by atoms with Gasteiger partial charge >= 0.3 is 6.03 Å². The predicted octanol–water partition coefficient (Wildman–Crippen LogP) is 5.11. The Labute approximate surface area is 174 Å². The summed E-state index contributed by atoms with van der Waals surface area (Å²) in [7, 11) is 0. The van der Waals surface area contributed by atoms with Gasteiger partial charge in [-0.25, -0.2) is 4.79 Å². The summed E-state index contributed by atoms with van der Waals surface area (Å²) >= 11 is 5.95. The van der Waals surface area contributed by atoms with Crippen LogP contribution in [0, 0.1) is 0 Å². The minimum absolute atomic E-state index is 0.215. The smallest absolute Gasteiger partial charge is 0.315 e. The molecule has 1 atom stereocenters. The molecule has 1 heterocycles. The first-order valence-corrected chi connectivity index (χ1v) is 10.3. The molecule has 29 heavy (non-hydrogen) atoms. The van der Waals surface area contributed by atoms with E-state index < -0.39 is 6.04 Å². The van der Waals surface area contributed by atoms with Gasteiger partial charge in [0.2, 0.25) is 11.8 Å². The van der Waals surface area contributed by atoms with Gasteiger partial charge in [-0.3, -0.25) is 0 Å². The van der Waals surface area contributed by atoms with Gasteiger partial charge in [-0.15, -0.1) is 10.2 Å². The third-order valence-electron chi connectivity index (χ3n) is 5.13. The Morgan fingerprint density at radius 2 is 1.72 bits per heavy atom. The van der Waals surface area contributed by atoms with E-state index in [0.717, 1.165) is 36.8 Å². The van der Waals surface area contributed by atoms with Crippen LogP contribution < -0.4 is 10.6 Å². The molecule has 0 radical (unpaired) electrons. The Balaban J connectivity index is 1.54. The van der Waals surface area contributed by atoms with E-state index in [4.69, 9.17) is 16.0 Å². The van der Waals surface area contributed by atoms with Crippen molar-refractivity contribution in [3.05, 3.63) is 71.1 Å². The molecule has 2 amide bonds. The zero-order valence-corrected chi connectivity index (χ0v) is 16.7. The van der Waals surface area contributed by atoms with E-state index in [1.807, 2.05) is 42.5 Å². The van der Waals surface area contributed by atoms with Gasteiger partial charge in [-0.1, -0.05) is 61.2 Å². The molecule has 1 fully saturated rings. The van der Waals surface area contributed by atoms with Crippen LogP contribution in [0.3, 0.4) is 0 Å². The Kier molecular flexibility index (Phi) is 6.10. The molecule has 0 unspecified atom stereocenters. The van der Waals surface area contributed by atoms with Crippen molar-refractivity contribution in [1.82, 2.24) is 20.8 Å². The fourth-order valence-electron chi connectivity index (χ4n) is 3.60. The van der Waals surface area contributed by atoms with Gasteiger partial charge in [0.15, 0.2) is 0 Å². The minimum atomic E-state index is -0.534. The highest BCUT2D eigenvalue weighted by Crippen LogP contribution is 2.26. The Hall–Kier alpha value is -2.86. The minimum Gasteiger partial charge on any atom is -0.418 e. The number of rotatable bonds is 5. The van der Waals surface area contributed by atoms with Crippen LogP contribution >= 0.6 is 11.6 Å². The van der Waals surface area contributed by atoms with Crippen LogP contribution in [-0.4, -0.2) is 22.3 Å². The van der Waals surface area contributed by atoms with Gasteiger partial charge < -0.3 is 15.1 Å². The van der Waals surface area contributed by atoms with Gasteiger partial charge in [0.1, 0.15) is 6.04 Å². The van der Waals surface area contributed by atoms with Crippen molar-refractivity contribution in [1.29, 1.82) is 0 Å². The SMILES string of the molecule is O=C(NC1CCCCC1)N[C@H](c1ccccc1)c1nnc(-c2ccc(Cl)cc2)o1. The van der Waals surface area contributed by atoms with Crippen molar-refractivity contribution in [3.8, 4) is 11.5 Å². The molecule has 1 aliphatic rings. The topological polar surface area (TPSA) is 80.0 Å². The number of urea groups is 1. The molecule has 3 aromatic rings. The zero-order valence-electron chi connectivity index (χ0n) is 16.0. The maximum atomic E-state index is 12.7. The first-order chi connectivity index (χ1) is 14.2. The van der Waals surface area contributed by atoms with E-state index in [-0.39, 0.29) is 12.1 Å². The number of carbonyl (C=O) groups is 1. The molecule has 1 saturated carbocycles. The Morgan fingerprint density at radius 1 is 1.00 bits per heavy atom. The van der Waals surface area contributed by atoms with E-state index >= 15 is 0 Å². The second kappa shape index (κ2) is 9.09. The molecule has 1 aromatic heterocycles. The van der Waals surface area contributed by atoms with Gasteiger partial charge in [-0.05, 0) is 42.7 Å². The monoisotopic (exact) mass is 410 g/mol. The van der Waals surface area contributed by atoms with E-state index in [1.54, 1.807) is 12.1 Å². The molecule has 1 aliphatic carbocycles. The predicted molar refractivity (Wildman–Crippen MR) is 112 cm³/mol. The number of aromatic nitrogens is 2. The standard InChI is InChI=1S/C22H23ClN4O2/c23-17-13-11-16(12-14-17)20-26-27-21(29-20)19(15-7-3-1-4-8-15)25-22(28)24-18-9-5-2-6-10-18/h1,3-4,7-8,11-14,18-19H,2,5-6,9-10H2,(H2,24,25,28)/t19-/m1/s1. The largest absolute Gasteiger partial charge is 0.418 e. The molecule has 6 nitrogen and oxygen atoms in total. The summed E-state index contributed by atoms with van der Waals surface area (Å²) in [5, 5.41) is 15.1. The first-order valence-electron chi connectivity index (χ1n) is 9.90. The van der Waals surface area contributed by atoms with E-state index in [2.05, 4.69) is 20.8 Å². The maximum Gasteiger partial charge on any atom is 0.315 e. The quantitative estimate of drug-likeness (QED) is 0.612. The first kappa shape index (κ1) is 19.5. The van der Waals surface area contributed by atoms with Gasteiger partial charge in [0.25, 0.3) is 0 Å². The van der Waals surface area contributed by atoms with Crippen molar-refractivity contribution in [2.24, 2.45) is 0 Å². The van der Waals surface area contributed by atoms with Crippen LogP contribution in [0.4, 0.5) is 4.79 Å². The molecule has 0 spiro atoms. The molecular weight excluding hydrogens is 388 g/mol. The molecule has 0 bridgehead atoms. The molecule has 150 valence electrons. The van der Waals surface area contributed by atoms with Crippen LogP contribution in [0.2, 0.25) is 5.02 Å². The lowest BCUT2D eigenvalue weighted by Gasteiger charge is -2.24.